The standard InChI is InChI=1S/C66H87F3N8O12.Lu/c1-47-22-24-49(25-23-47)14-12-21-59(78)70-28-8-6-19-56(72-60(79)43-73-31-33-74(44-61(80)81)35-37-76(46-63(84)85)38-36-75(34-32-73)45-62(82)83)64(86)71-29-9-11-39-89-58-41-52(27-26-50-17-13-18-54(48(50)2)51-15-4-3-5-16-51)55(66(67,68)69)40-53(58)42-77-30-10-7-20-57(77)65(87)88;/h3-5,13,15-18,22-27,40-41,56-57H,6-12,14,19-21,28-39,42-46H2,1-2H3,(H,70,78)(H,71,86)(H,72,79)(H,80,81)(H,82,83)(H,84,85)(H,87,88);/b27-26+;/t56-,57-;/m0./s1. The number of unbranched alkanes of at least 4 members (excludes halogenated alkanes) is 2. The number of carboxylic acids is 4. The second kappa shape index (κ2) is 38.4. The first kappa shape index (κ1) is 74.3. The number of amides is 3. The van der Waals surface area contributed by atoms with E-state index < -0.39 is 59.5 Å². The zero-order valence-electron chi connectivity index (χ0n) is 51.4. The van der Waals surface area contributed by atoms with Crippen molar-refractivity contribution in [1.29, 1.82) is 0 Å². The first-order valence-electron chi connectivity index (χ1n) is 30.7. The molecule has 90 heavy (non-hydrogen) atoms. The van der Waals surface area contributed by atoms with Gasteiger partial charge >= 0.3 is 30.1 Å². The number of aryl methyl sites for hydroxylation is 2. The molecule has 20 nitrogen and oxygen atoms in total. The first-order chi connectivity index (χ1) is 42.6. The molecular weight excluding hydrogens is 1330 g/mol. The Hall–Kier alpha value is -6.47. The monoisotopic (exact) mass is 1420 g/mol. The zero-order chi connectivity index (χ0) is 64.3. The molecule has 4 aromatic carbocycles. The number of ether oxygens (including phenoxy) is 1. The Morgan fingerprint density at radius 1 is 0.633 bits per heavy atom. The van der Waals surface area contributed by atoms with E-state index in [0.29, 0.717) is 76.4 Å². The van der Waals surface area contributed by atoms with E-state index in [2.05, 4.69) is 16.0 Å². The van der Waals surface area contributed by atoms with E-state index in [9.17, 15) is 54.0 Å². The average Bonchev–Trinajstić information content (AvgIpc) is 1.25. The van der Waals surface area contributed by atoms with Crippen molar-refractivity contribution in [2.45, 2.75) is 109 Å². The van der Waals surface area contributed by atoms with E-state index in [1.807, 2.05) is 86.6 Å². The van der Waals surface area contributed by atoms with E-state index in [-0.39, 0.29) is 164 Å². The number of alkyl halides is 3. The molecule has 0 aliphatic carbocycles. The van der Waals surface area contributed by atoms with Crippen LogP contribution in [-0.2, 0) is 52.7 Å². The third-order valence-corrected chi connectivity index (χ3v) is 16.1. The molecule has 2 aliphatic heterocycles. The van der Waals surface area contributed by atoms with Gasteiger partial charge in [-0.3, -0.25) is 58.1 Å². The maximum absolute atomic E-state index is 15.0. The fourth-order valence-electron chi connectivity index (χ4n) is 11.1. The molecule has 2 fully saturated rings. The first-order valence-corrected chi connectivity index (χ1v) is 30.7. The van der Waals surface area contributed by atoms with Crippen LogP contribution in [0.15, 0.2) is 84.9 Å². The minimum atomic E-state index is -4.77. The van der Waals surface area contributed by atoms with Gasteiger partial charge in [-0.25, -0.2) is 0 Å². The van der Waals surface area contributed by atoms with Crippen LogP contribution in [0.2, 0.25) is 0 Å². The number of nitrogens with one attached hydrogen (secondary N) is 3. The van der Waals surface area contributed by atoms with Crippen molar-refractivity contribution in [1.82, 2.24) is 40.4 Å². The van der Waals surface area contributed by atoms with Crippen LogP contribution in [-0.4, -0.2) is 203 Å². The summed E-state index contributed by atoms with van der Waals surface area (Å²) in [7, 11) is 0. The molecule has 2 atom stereocenters. The van der Waals surface area contributed by atoms with Gasteiger partial charge in [0.1, 0.15) is 17.8 Å². The van der Waals surface area contributed by atoms with Crippen molar-refractivity contribution in [2.75, 3.05) is 105 Å². The number of halogens is 3. The Morgan fingerprint density at radius 3 is 1.80 bits per heavy atom. The van der Waals surface area contributed by atoms with Crippen LogP contribution in [0, 0.1) is 50.7 Å². The maximum atomic E-state index is 15.0. The number of benzene rings is 4. The van der Waals surface area contributed by atoms with Gasteiger partial charge in [0, 0.05) is 121 Å². The Balaban J connectivity index is 0.0000147. The van der Waals surface area contributed by atoms with Gasteiger partial charge in [0.05, 0.1) is 38.3 Å². The summed E-state index contributed by atoms with van der Waals surface area (Å²) in [5.41, 5.74) is 4.92. The number of rotatable bonds is 31. The largest absolute Gasteiger partial charge is 0.493 e. The molecule has 0 spiro atoms. The minimum absolute atomic E-state index is 0. The van der Waals surface area contributed by atoms with Crippen molar-refractivity contribution in [3.8, 4) is 16.9 Å². The molecule has 2 heterocycles. The second-order valence-electron chi connectivity index (χ2n) is 23.0. The Labute approximate surface area is 554 Å². The van der Waals surface area contributed by atoms with Crippen LogP contribution in [0.25, 0.3) is 23.3 Å². The SMILES string of the molecule is Cc1ccc(CCCC(=O)NCCCC[C@H](NC(=O)CN2CCN(CC(=O)O)CCN(CC(=O)O)CCN(CC(=O)O)CC2)C(=O)NCCCCOc2cc(/C=C/c3cccc(-c4ccccc4)c3C)c(C(F)(F)F)cc2CN2CCCC[C@H]2C(=O)O)cc1.[Lu]. The summed E-state index contributed by atoms with van der Waals surface area (Å²) >= 11 is 0. The molecule has 2 aliphatic rings. The van der Waals surface area contributed by atoms with E-state index in [1.165, 1.54) is 12.1 Å². The van der Waals surface area contributed by atoms with Crippen molar-refractivity contribution < 1.29 is 109 Å². The van der Waals surface area contributed by atoms with Crippen molar-refractivity contribution >= 4 is 53.8 Å². The summed E-state index contributed by atoms with van der Waals surface area (Å²) in [6.45, 7) is 4.95. The van der Waals surface area contributed by atoms with E-state index >= 15 is 13.2 Å². The molecule has 3 amide bonds. The molecule has 0 unspecified atom stereocenters. The summed E-state index contributed by atoms with van der Waals surface area (Å²) < 4.78 is 51.4. The topological polar surface area (TPSA) is 262 Å². The summed E-state index contributed by atoms with van der Waals surface area (Å²) in [6, 6.07) is 23.9. The van der Waals surface area contributed by atoms with E-state index in [0.717, 1.165) is 40.3 Å². The van der Waals surface area contributed by atoms with Gasteiger partial charge in [-0.05, 0) is 124 Å². The normalized spacial score (nSPS) is 16.4. The smallest absolute Gasteiger partial charge is 0.417 e. The van der Waals surface area contributed by atoms with Crippen LogP contribution in [0.4, 0.5) is 13.2 Å². The fraction of sp³-hybridized carbons (Fsp3) is 0.500. The summed E-state index contributed by atoms with van der Waals surface area (Å²) in [5, 5.41) is 47.8. The van der Waals surface area contributed by atoms with Gasteiger partial charge in [0.15, 0.2) is 0 Å². The van der Waals surface area contributed by atoms with E-state index in [4.69, 9.17) is 4.74 Å². The van der Waals surface area contributed by atoms with Gasteiger partial charge in [0.2, 0.25) is 17.7 Å². The molecule has 499 valence electrons. The van der Waals surface area contributed by atoms with Gasteiger partial charge in [0.25, 0.3) is 0 Å². The number of carbonyl (C=O) groups excluding carboxylic acids is 3. The number of hydrogen-bond acceptors (Lipinski definition) is 13. The number of nitrogens with zero attached hydrogens (tertiary/aromatic N) is 5. The van der Waals surface area contributed by atoms with Gasteiger partial charge in [-0.2, -0.15) is 13.2 Å². The van der Waals surface area contributed by atoms with Crippen molar-refractivity contribution in [2.24, 2.45) is 0 Å². The maximum Gasteiger partial charge on any atom is 0.417 e. The van der Waals surface area contributed by atoms with Crippen molar-refractivity contribution in [3.63, 3.8) is 0 Å². The van der Waals surface area contributed by atoms with E-state index in [1.54, 1.807) is 30.6 Å². The van der Waals surface area contributed by atoms with Crippen molar-refractivity contribution in [3.05, 3.63) is 124 Å². The third-order valence-electron chi connectivity index (χ3n) is 16.1. The molecule has 0 bridgehead atoms. The second-order valence-corrected chi connectivity index (χ2v) is 23.0. The average molecular weight is 1420 g/mol. The summed E-state index contributed by atoms with van der Waals surface area (Å²) in [5.74, 6) is -5.28. The quantitative estimate of drug-likeness (QED) is 0.0195. The molecule has 1 radical (unpaired) electrons. The molecular formula is C66H87F3LuN8O12. The Kier molecular flexibility index (Phi) is 31.7. The summed E-state index contributed by atoms with van der Waals surface area (Å²) in [6.07, 6.45) is 3.57. The summed E-state index contributed by atoms with van der Waals surface area (Å²) in [4.78, 5) is 97.0. The minimum Gasteiger partial charge on any atom is -0.493 e. The molecule has 2 saturated heterocycles. The van der Waals surface area contributed by atoms with Crippen LogP contribution in [0.1, 0.15) is 103 Å². The number of carbonyl (C=O) groups is 7. The number of aliphatic carboxylic acids is 4. The number of piperidine rings is 1. The fourth-order valence-corrected chi connectivity index (χ4v) is 11.1. The van der Waals surface area contributed by atoms with Crippen LogP contribution in [0.5, 0.6) is 5.75 Å². The number of hydrogen-bond donors (Lipinski definition) is 7. The van der Waals surface area contributed by atoms with Crippen LogP contribution < -0.4 is 20.7 Å². The van der Waals surface area contributed by atoms with Crippen LogP contribution in [0.3, 0.4) is 0 Å². The Bertz CT molecular complexity index is 2980. The predicted octanol–water partition coefficient (Wildman–Crippen LogP) is 7.14. The predicted molar refractivity (Wildman–Crippen MR) is 332 cm³/mol. The third kappa shape index (κ3) is 26.0. The van der Waals surface area contributed by atoms with Gasteiger partial charge in [-0.1, -0.05) is 96.9 Å². The molecule has 4 aromatic rings. The molecule has 0 aromatic heterocycles. The molecule has 6 rings (SSSR count). The molecule has 24 heteroatoms. The van der Waals surface area contributed by atoms with Gasteiger partial charge in [-0.15, -0.1) is 0 Å². The molecule has 7 N–H and O–H groups in total. The van der Waals surface area contributed by atoms with Gasteiger partial charge < -0.3 is 41.1 Å². The Morgan fingerprint density at radius 2 is 1.21 bits per heavy atom. The molecule has 0 saturated carbocycles. The number of carboxylic acid groups (broad SMARTS) is 4. The van der Waals surface area contributed by atoms with Crippen LogP contribution >= 0.6 is 0 Å². The number of likely N-dealkylation sites (tertiary alicyclic amines) is 1. The zero-order valence-corrected chi connectivity index (χ0v) is 53.0.